The molecule has 0 radical (unpaired) electrons. The number of phenols is 1. The van der Waals surface area contributed by atoms with E-state index in [2.05, 4.69) is 10.4 Å². The molecule has 4 heterocycles. The Balaban J connectivity index is 1.34. The number of nitrogens with one attached hydrogen (secondary N) is 1. The number of aromatic nitrogens is 4. The van der Waals surface area contributed by atoms with Gasteiger partial charge in [0.25, 0.3) is 11.8 Å². The summed E-state index contributed by atoms with van der Waals surface area (Å²) in [5.74, 6) is -4.14. The number of amides is 2. The summed E-state index contributed by atoms with van der Waals surface area (Å²) < 4.78 is 43.9. The first kappa shape index (κ1) is 33.5. The number of alkyl halides is 3. The zero-order valence-corrected chi connectivity index (χ0v) is 28.1. The van der Waals surface area contributed by atoms with Gasteiger partial charge in [0.15, 0.2) is 5.82 Å². The minimum absolute atomic E-state index is 0.0368. The lowest BCUT2D eigenvalue weighted by atomic mass is 9.53. The number of hydrogen-bond donors (Lipinski definition) is 2. The van der Waals surface area contributed by atoms with Crippen molar-refractivity contribution in [3.8, 4) is 11.4 Å². The fraction of sp³-hybridized carbons (Fsp3) is 0.194. The quantitative estimate of drug-likeness (QED) is 0.171. The highest BCUT2D eigenvalue weighted by Gasteiger charge is 2.69. The Morgan fingerprint density at radius 2 is 1.60 bits per heavy atom. The number of carbonyl (C=O) groups is 2. The van der Waals surface area contributed by atoms with E-state index in [1.807, 2.05) is 0 Å². The van der Waals surface area contributed by atoms with Gasteiger partial charge in [-0.2, -0.15) is 18.2 Å². The Kier molecular flexibility index (Phi) is 7.73. The van der Waals surface area contributed by atoms with Crippen LogP contribution in [-0.2, 0) is 27.7 Å². The first-order valence-electron chi connectivity index (χ1n) is 15.9. The number of pyridine rings is 1. The second-order valence-corrected chi connectivity index (χ2v) is 13.6. The zero-order valence-electron chi connectivity index (χ0n) is 26.6. The molecule has 2 fully saturated rings. The van der Waals surface area contributed by atoms with Crippen LogP contribution in [0.1, 0.15) is 35.1 Å². The van der Waals surface area contributed by atoms with Crippen LogP contribution in [0.25, 0.3) is 5.69 Å². The van der Waals surface area contributed by atoms with Crippen LogP contribution in [0.15, 0.2) is 112 Å². The highest BCUT2D eigenvalue weighted by atomic mass is 35.5. The Hall–Kier alpha value is -5.60. The van der Waals surface area contributed by atoms with Crippen molar-refractivity contribution >= 4 is 40.8 Å². The van der Waals surface area contributed by atoms with Gasteiger partial charge >= 0.3 is 17.6 Å². The van der Waals surface area contributed by atoms with Crippen LogP contribution in [0, 0.1) is 5.92 Å². The molecular formula is C36H25Cl2F3N6O5. The van der Waals surface area contributed by atoms with Crippen molar-refractivity contribution < 1.29 is 27.9 Å². The molecule has 0 unspecified atom stereocenters. The number of imide groups is 1. The summed E-state index contributed by atoms with van der Waals surface area (Å²) in [6.45, 7) is -0.0368. The van der Waals surface area contributed by atoms with Gasteiger partial charge in [-0.05, 0) is 65.6 Å². The molecule has 5 aromatic rings. The van der Waals surface area contributed by atoms with E-state index in [0.29, 0.717) is 44.7 Å². The number of nitrogens with zero attached hydrogens (tertiary/aromatic N) is 5. The van der Waals surface area contributed by atoms with Crippen molar-refractivity contribution in [3.63, 3.8) is 0 Å². The van der Waals surface area contributed by atoms with Crippen molar-refractivity contribution in [2.75, 3.05) is 5.43 Å². The molecule has 1 saturated heterocycles. The predicted molar refractivity (Wildman–Crippen MR) is 183 cm³/mol. The third-order valence-corrected chi connectivity index (χ3v) is 10.6. The number of hydrazine groups is 1. The molecule has 11 nitrogen and oxygen atoms in total. The lowest BCUT2D eigenvalue weighted by Gasteiger charge is -2.49. The molecule has 0 bridgehead atoms. The predicted octanol–water partition coefficient (Wildman–Crippen LogP) is 5.85. The first-order chi connectivity index (χ1) is 24.8. The van der Waals surface area contributed by atoms with Gasteiger partial charge in [-0.15, -0.1) is 0 Å². The molecule has 4 atom stereocenters. The van der Waals surface area contributed by atoms with Gasteiger partial charge in [0, 0.05) is 17.1 Å². The van der Waals surface area contributed by atoms with Gasteiger partial charge in [0.1, 0.15) is 5.75 Å². The van der Waals surface area contributed by atoms with Crippen LogP contribution in [-0.4, -0.2) is 40.8 Å². The van der Waals surface area contributed by atoms with E-state index < -0.39 is 63.2 Å². The Morgan fingerprint density at radius 3 is 2.25 bits per heavy atom. The Morgan fingerprint density at radius 1 is 0.904 bits per heavy atom. The van der Waals surface area contributed by atoms with E-state index in [4.69, 9.17) is 23.2 Å². The van der Waals surface area contributed by atoms with Gasteiger partial charge in [0.05, 0.1) is 40.2 Å². The third-order valence-electron chi connectivity index (χ3n) is 10.1. The molecule has 2 aromatic heterocycles. The van der Waals surface area contributed by atoms with Gasteiger partial charge in [0.2, 0.25) is 0 Å². The molecule has 52 heavy (non-hydrogen) atoms. The van der Waals surface area contributed by atoms with Gasteiger partial charge in [-0.1, -0.05) is 71.7 Å². The maximum atomic E-state index is 15.1. The average molecular weight is 750 g/mol. The number of aromatic hydroxyl groups is 1. The first-order valence-corrected chi connectivity index (χ1v) is 16.7. The number of phenolic OH excluding ortho intramolecular Hbond substituents is 1. The van der Waals surface area contributed by atoms with E-state index in [1.165, 1.54) is 21.5 Å². The van der Waals surface area contributed by atoms with Crippen LogP contribution in [0.3, 0.4) is 0 Å². The molecule has 3 aromatic carbocycles. The smallest absolute Gasteiger partial charge is 0.417 e. The van der Waals surface area contributed by atoms with Crippen molar-refractivity contribution in [2.45, 2.75) is 36.5 Å². The monoisotopic (exact) mass is 748 g/mol. The highest BCUT2D eigenvalue weighted by Crippen LogP contribution is 2.62. The number of anilines is 1. The lowest BCUT2D eigenvalue weighted by molar-refractivity contribution is -0.139. The second-order valence-electron chi connectivity index (χ2n) is 12.7. The fourth-order valence-corrected chi connectivity index (χ4v) is 8.22. The number of hydrogen-bond acceptors (Lipinski definition) is 7. The van der Waals surface area contributed by atoms with Crippen LogP contribution >= 0.6 is 23.2 Å². The molecule has 2 N–H and O–H groups in total. The summed E-state index contributed by atoms with van der Waals surface area (Å²) in [7, 11) is 0. The topological polar surface area (TPSA) is 131 Å². The number of rotatable bonds is 5. The van der Waals surface area contributed by atoms with Gasteiger partial charge in [-0.3, -0.25) is 15.0 Å². The minimum Gasteiger partial charge on any atom is -0.508 e. The van der Waals surface area contributed by atoms with Crippen molar-refractivity contribution in [1.29, 1.82) is 0 Å². The molecule has 1 saturated carbocycles. The summed E-state index contributed by atoms with van der Waals surface area (Å²) in [6.07, 6.45) is -2.57. The van der Waals surface area contributed by atoms with E-state index >= 15 is 4.79 Å². The van der Waals surface area contributed by atoms with Gasteiger partial charge in [-0.25, -0.2) is 28.5 Å². The summed E-state index contributed by atoms with van der Waals surface area (Å²) in [5, 5.41) is 10.8. The zero-order chi connectivity index (χ0) is 36.7. The number of benzene rings is 3. The summed E-state index contributed by atoms with van der Waals surface area (Å²) >= 11 is 12.5. The van der Waals surface area contributed by atoms with E-state index in [9.17, 15) is 32.7 Å². The van der Waals surface area contributed by atoms with Crippen LogP contribution in [0.2, 0.25) is 10.0 Å². The number of fused-ring (bicyclic) bond motifs is 4. The van der Waals surface area contributed by atoms with E-state index in [1.54, 1.807) is 72.8 Å². The largest absolute Gasteiger partial charge is 0.508 e. The second kappa shape index (κ2) is 12.0. The molecule has 2 aliphatic heterocycles. The van der Waals surface area contributed by atoms with Crippen LogP contribution < -0.4 is 16.8 Å². The Bertz CT molecular complexity index is 2430. The molecule has 2 amide bonds. The molecular weight excluding hydrogens is 724 g/mol. The molecule has 1 aliphatic carbocycles. The molecule has 8 rings (SSSR count). The normalized spacial score (nSPS) is 22.4. The summed E-state index contributed by atoms with van der Waals surface area (Å²) in [5.41, 5.74) is 0.307. The molecule has 0 spiro atoms. The molecule has 3 aliphatic rings. The lowest BCUT2D eigenvalue weighted by Crippen LogP contribution is -2.53. The van der Waals surface area contributed by atoms with Gasteiger partial charge < -0.3 is 5.11 Å². The van der Waals surface area contributed by atoms with Crippen LogP contribution in [0.4, 0.5) is 19.0 Å². The SMILES string of the molecule is O=C1[C@@H]2C[C@@H]3C(=CCn4c(=O)n(-c5ccccc5)c(=O)n43)[C@H](c3ccc(O)cc3)[C@]2(c2ccc(Cl)cc2)C(=O)N1Nc1ncc(C(F)(F)F)cc1Cl. The third kappa shape index (κ3) is 4.92. The molecule has 264 valence electrons. The van der Waals surface area contributed by atoms with Crippen molar-refractivity contribution in [2.24, 2.45) is 5.92 Å². The van der Waals surface area contributed by atoms with Crippen LogP contribution in [0.5, 0.6) is 5.75 Å². The number of allylic oxidation sites excluding steroid dienone is 2. The average Bonchev–Trinajstić information content (AvgIpc) is 3.50. The standard InChI is InChI=1S/C36H25Cl2F3N6O5/c37-22-10-8-20(9-11-22)35-26(31(49)46(32(35)50)43-30-27(38)16-21(18-42-30)36(39,40)41)17-28-25(29(35)19-6-12-24(48)13-7-19)14-15-44-33(51)45(34(52)47(28)44)23-4-2-1-3-5-23/h1-14,16,18,26,28-29,48H,15,17H2,(H,42,43)/t26-,28+,29-,35+/m0/s1. The fourth-order valence-electron chi connectivity index (χ4n) is 7.88. The maximum absolute atomic E-state index is 15.1. The number of halogens is 5. The maximum Gasteiger partial charge on any atom is 0.417 e. The number of carbonyl (C=O) groups excluding carboxylic acids is 2. The number of para-hydroxylation sites is 1. The van der Waals surface area contributed by atoms with E-state index in [0.717, 1.165) is 4.57 Å². The minimum atomic E-state index is -4.75. The van der Waals surface area contributed by atoms with E-state index in [-0.39, 0.29) is 24.5 Å². The Labute approximate surface area is 301 Å². The summed E-state index contributed by atoms with van der Waals surface area (Å²) in [4.78, 5) is 61.5. The van der Waals surface area contributed by atoms with Crippen molar-refractivity contribution in [3.05, 3.63) is 150 Å². The molecule has 16 heteroatoms. The summed E-state index contributed by atoms with van der Waals surface area (Å²) in [6, 6.07) is 20.6. The van der Waals surface area contributed by atoms with Crippen molar-refractivity contribution in [1.82, 2.24) is 23.9 Å². The highest BCUT2D eigenvalue weighted by molar-refractivity contribution is 6.33.